The molecule has 0 amide bonds. The van der Waals surface area contributed by atoms with Gasteiger partial charge >= 0.3 is 0 Å². The molecule has 0 atom stereocenters. The Balaban J connectivity index is 1.85. The van der Waals surface area contributed by atoms with Gasteiger partial charge in [-0.1, -0.05) is 42.5 Å². The lowest BCUT2D eigenvalue weighted by Gasteiger charge is -2.28. The molecule has 1 aliphatic rings. The zero-order chi connectivity index (χ0) is 18.8. The number of hydrogen-bond acceptors (Lipinski definition) is 4. The highest BCUT2D eigenvalue weighted by Crippen LogP contribution is 2.30. The number of hydrogen-bond donors (Lipinski definition) is 1. The maximum absolute atomic E-state index is 13.4. The molecule has 5 heteroatoms. The highest BCUT2D eigenvalue weighted by molar-refractivity contribution is 5.66. The Bertz CT molecular complexity index is 1010. The molecule has 0 saturated carbocycles. The highest BCUT2D eigenvalue weighted by atomic mass is 16.3. The normalized spacial score (nSPS) is 13.4. The fourth-order valence-corrected chi connectivity index (χ4v) is 3.70. The van der Waals surface area contributed by atoms with Crippen molar-refractivity contribution in [2.45, 2.75) is 25.8 Å². The zero-order valence-electron chi connectivity index (χ0n) is 15.4. The van der Waals surface area contributed by atoms with Crippen LogP contribution in [0.1, 0.15) is 17.7 Å². The Labute approximate surface area is 158 Å². The standard InChI is InChI=1S/C22H23N3O2/c1-24-14-7-11-18-20(24)22(27)25(15-13-16-8-3-2-4-9-16)21(23-18)17-10-5-6-12-19(17)26/h2-6,8-10,12,26H,7,11,13-15H2,1H3. The van der Waals surface area contributed by atoms with Crippen molar-refractivity contribution in [3.63, 3.8) is 0 Å². The molecular weight excluding hydrogens is 338 g/mol. The van der Waals surface area contributed by atoms with Crippen LogP contribution in [0.15, 0.2) is 59.4 Å². The van der Waals surface area contributed by atoms with Gasteiger partial charge in [-0.3, -0.25) is 9.36 Å². The van der Waals surface area contributed by atoms with Gasteiger partial charge in [0.25, 0.3) is 5.56 Å². The third kappa shape index (κ3) is 3.33. The van der Waals surface area contributed by atoms with Crippen LogP contribution < -0.4 is 10.5 Å². The summed E-state index contributed by atoms with van der Waals surface area (Å²) in [4.78, 5) is 20.2. The number of benzene rings is 2. The summed E-state index contributed by atoms with van der Waals surface area (Å²) < 4.78 is 1.71. The minimum Gasteiger partial charge on any atom is -0.507 e. The molecule has 1 N–H and O–H groups in total. The van der Waals surface area contributed by atoms with Crippen LogP contribution >= 0.6 is 0 Å². The van der Waals surface area contributed by atoms with Crippen LogP contribution in [0.5, 0.6) is 5.75 Å². The molecule has 0 spiro atoms. The lowest BCUT2D eigenvalue weighted by molar-refractivity contribution is 0.476. The van der Waals surface area contributed by atoms with Crippen LogP contribution in [-0.4, -0.2) is 28.3 Å². The van der Waals surface area contributed by atoms with E-state index < -0.39 is 0 Å². The van der Waals surface area contributed by atoms with Crippen molar-refractivity contribution in [3.05, 3.63) is 76.2 Å². The van der Waals surface area contributed by atoms with E-state index in [2.05, 4.69) is 12.1 Å². The van der Waals surface area contributed by atoms with Gasteiger partial charge in [0, 0.05) is 20.1 Å². The Kier molecular flexibility index (Phi) is 4.67. The van der Waals surface area contributed by atoms with Crippen LogP contribution in [0.4, 0.5) is 5.69 Å². The van der Waals surface area contributed by atoms with Crippen molar-refractivity contribution in [2.24, 2.45) is 0 Å². The zero-order valence-corrected chi connectivity index (χ0v) is 15.4. The van der Waals surface area contributed by atoms with Crippen LogP contribution in [0, 0.1) is 0 Å². The molecule has 138 valence electrons. The fourth-order valence-electron chi connectivity index (χ4n) is 3.70. The third-order valence-electron chi connectivity index (χ3n) is 5.12. The molecule has 5 nitrogen and oxygen atoms in total. The average molecular weight is 361 g/mol. The third-order valence-corrected chi connectivity index (χ3v) is 5.12. The summed E-state index contributed by atoms with van der Waals surface area (Å²) >= 11 is 0. The molecule has 0 radical (unpaired) electrons. The molecule has 0 aliphatic carbocycles. The van der Waals surface area contributed by atoms with Gasteiger partial charge in [0.1, 0.15) is 17.3 Å². The smallest absolute Gasteiger partial charge is 0.277 e. The van der Waals surface area contributed by atoms with Crippen molar-refractivity contribution >= 4 is 5.69 Å². The number of anilines is 1. The first kappa shape index (κ1) is 17.3. The van der Waals surface area contributed by atoms with Gasteiger partial charge in [-0.15, -0.1) is 0 Å². The van der Waals surface area contributed by atoms with Gasteiger partial charge in [-0.05, 0) is 37.0 Å². The number of fused-ring (bicyclic) bond motifs is 1. The van der Waals surface area contributed by atoms with E-state index in [4.69, 9.17) is 4.98 Å². The van der Waals surface area contributed by atoms with E-state index in [1.54, 1.807) is 16.7 Å². The predicted molar refractivity (Wildman–Crippen MR) is 107 cm³/mol. The maximum atomic E-state index is 13.4. The number of para-hydroxylation sites is 1. The molecule has 0 fully saturated rings. The first-order valence-corrected chi connectivity index (χ1v) is 9.32. The first-order valence-electron chi connectivity index (χ1n) is 9.32. The van der Waals surface area contributed by atoms with E-state index in [1.807, 2.05) is 42.3 Å². The lowest BCUT2D eigenvalue weighted by atomic mass is 10.1. The molecule has 3 aromatic rings. The number of phenols is 1. The second-order valence-corrected chi connectivity index (χ2v) is 6.97. The second kappa shape index (κ2) is 7.27. The summed E-state index contributed by atoms with van der Waals surface area (Å²) in [5, 5.41) is 10.4. The summed E-state index contributed by atoms with van der Waals surface area (Å²) in [5.74, 6) is 0.685. The molecule has 1 aromatic heterocycles. The molecular formula is C22H23N3O2. The van der Waals surface area contributed by atoms with Crippen molar-refractivity contribution in [1.82, 2.24) is 9.55 Å². The largest absolute Gasteiger partial charge is 0.507 e. The Morgan fingerprint density at radius 3 is 2.59 bits per heavy atom. The first-order chi connectivity index (χ1) is 13.1. The van der Waals surface area contributed by atoms with Crippen LogP contribution in [0.25, 0.3) is 11.4 Å². The van der Waals surface area contributed by atoms with Gasteiger partial charge in [0.15, 0.2) is 0 Å². The summed E-state index contributed by atoms with van der Waals surface area (Å²) in [5.41, 5.74) is 3.24. The van der Waals surface area contributed by atoms with Gasteiger partial charge < -0.3 is 10.0 Å². The second-order valence-electron chi connectivity index (χ2n) is 6.97. The molecule has 2 heterocycles. The molecule has 0 unspecified atom stereocenters. The van der Waals surface area contributed by atoms with Crippen LogP contribution in [0.3, 0.4) is 0 Å². The van der Waals surface area contributed by atoms with Crippen molar-refractivity contribution in [1.29, 1.82) is 0 Å². The molecule has 2 aromatic carbocycles. The Morgan fingerprint density at radius 2 is 1.81 bits per heavy atom. The summed E-state index contributed by atoms with van der Waals surface area (Å²) in [6.45, 7) is 1.37. The highest BCUT2D eigenvalue weighted by Gasteiger charge is 2.24. The number of rotatable bonds is 4. The van der Waals surface area contributed by atoms with E-state index in [-0.39, 0.29) is 11.3 Å². The van der Waals surface area contributed by atoms with Gasteiger partial charge in [-0.2, -0.15) is 0 Å². The monoisotopic (exact) mass is 361 g/mol. The molecule has 4 rings (SSSR count). The van der Waals surface area contributed by atoms with Gasteiger partial charge in [0.2, 0.25) is 0 Å². The Morgan fingerprint density at radius 1 is 1.07 bits per heavy atom. The summed E-state index contributed by atoms with van der Waals surface area (Å²) in [6, 6.07) is 17.2. The summed E-state index contributed by atoms with van der Waals surface area (Å²) in [7, 11) is 1.95. The van der Waals surface area contributed by atoms with E-state index in [1.165, 1.54) is 5.56 Å². The van der Waals surface area contributed by atoms with Gasteiger partial charge in [-0.25, -0.2) is 4.98 Å². The van der Waals surface area contributed by atoms with E-state index >= 15 is 0 Å². The SMILES string of the molecule is CN1CCCc2nc(-c3ccccc3O)n(CCc3ccccc3)c(=O)c21. The molecule has 27 heavy (non-hydrogen) atoms. The van der Waals surface area contributed by atoms with E-state index in [0.29, 0.717) is 23.6 Å². The number of aromatic hydroxyl groups is 1. The van der Waals surface area contributed by atoms with Crippen molar-refractivity contribution in [3.8, 4) is 17.1 Å². The summed E-state index contributed by atoms with van der Waals surface area (Å²) in [6.07, 6.45) is 2.49. The molecule has 0 saturated heterocycles. The van der Waals surface area contributed by atoms with Gasteiger partial charge in [0.05, 0.1) is 11.3 Å². The van der Waals surface area contributed by atoms with E-state index in [9.17, 15) is 9.90 Å². The van der Waals surface area contributed by atoms with Crippen molar-refractivity contribution in [2.75, 3.05) is 18.5 Å². The number of aryl methyl sites for hydroxylation is 2. The Hall–Kier alpha value is -3.08. The predicted octanol–water partition coefficient (Wildman–Crippen LogP) is 3.24. The number of nitrogens with zero attached hydrogens (tertiary/aromatic N) is 3. The fraction of sp³-hybridized carbons (Fsp3) is 0.273. The minimum absolute atomic E-state index is 0.0311. The minimum atomic E-state index is -0.0311. The topological polar surface area (TPSA) is 58.4 Å². The number of phenolic OH excluding ortho intramolecular Hbond substituents is 1. The van der Waals surface area contributed by atoms with Crippen LogP contribution in [0.2, 0.25) is 0 Å². The van der Waals surface area contributed by atoms with Crippen molar-refractivity contribution < 1.29 is 5.11 Å². The molecule has 0 bridgehead atoms. The molecule has 1 aliphatic heterocycles. The maximum Gasteiger partial charge on any atom is 0.277 e. The van der Waals surface area contributed by atoms with Crippen LogP contribution in [-0.2, 0) is 19.4 Å². The lowest BCUT2D eigenvalue weighted by Crippen LogP contribution is -2.36. The quantitative estimate of drug-likeness (QED) is 0.775. The van der Waals surface area contributed by atoms with E-state index in [0.717, 1.165) is 31.5 Å². The average Bonchev–Trinajstić information content (AvgIpc) is 2.68. The number of aromatic nitrogens is 2.